The third kappa shape index (κ3) is 1.40. The molecule has 0 radical (unpaired) electrons. The minimum absolute atomic E-state index is 0.461. The summed E-state index contributed by atoms with van der Waals surface area (Å²) in [6.07, 6.45) is 3.77. The minimum Gasteiger partial charge on any atom is -0.343 e. The highest BCUT2D eigenvalue weighted by Gasteiger charge is 2.18. The molecule has 0 aromatic carbocycles. The predicted molar refractivity (Wildman–Crippen MR) is 39.1 cm³/mol. The van der Waals surface area contributed by atoms with Gasteiger partial charge in [-0.15, -0.1) is 0 Å². The lowest BCUT2D eigenvalue weighted by atomic mass is 9.99. The van der Waals surface area contributed by atoms with Crippen molar-refractivity contribution in [3.05, 3.63) is 12.2 Å². The van der Waals surface area contributed by atoms with Crippen LogP contribution in [0.4, 0.5) is 0 Å². The van der Waals surface area contributed by atoms with E-state index in [0.29, 0.717) is 5.92 Å². The van der Waals surface area contributed by atoms with E-state index in [0.717, 1.165) is 18.9 Å². The fourth-order valence-corrected chi connectivity index (χ4v) is 1.43. The van der Waals surface area contributed by atoms with Gasteiger partial charge in [-0.05, 0) is 19.4 Å². The topological polar surface area (TPSA) is 51.0 Å². The quantitative estimate of drug-likeness (QED) is 0.639. The number of nitrogens with one attached hydrogen (secondary N) is 1. The lowest BCUT2D eigenvalue weighted by Crippen LogP contribution is -2.28. The van der Waals surface area contributed by atoms with Crippen molar-refractivity contribution in [2.75, 3.05) is 13.1 Å². The molecule has 1 aromatic heterocycles. The van der Waals surface area contributed by atoms with Crippen LogP contribution in [0.2, 0.25) is 0 Å². The Kier molecular flexibility index (Phi) is 1.85. The van der Waals surface area contributed by atoms with Crippen molar-refractivity contribution in [3.8, 4) is 0 Å². The van der Waals surface area contributed by atoms with Crippen molar-refractivity contribution >= 4 is 0 Å². The molecular formula is C7H11N3O. The summed E-state index contributed by atoms with van der Waals surface area (Å²) in [5.74, 6) is 1.31. The molecule has 60 valence electrons. The van der Waals surface area contributed by atoms with E-state index in [1.807, 2.05) is 0 Å². The van der Waals surface area contributed by atoms with Gasteiger partial charge >= 0.3 is 0 Å². The number of aromatic nitrogens is 2. The fourth-order valence-electron chi connectivity index (χ4n) is 1.43. The number of nitrogens with zero attached hydrogens (tertiary/aromatic N) is 2. The monoisotopic (exact) mass is 153 g/mol. The first-order valence-electron chi connectivity index (χ1n) is 3.94. The Morgan fingerprint density at radius 2 is 2.64 bits per heavy atom. The Hall–Kier alpha value is -0.900. The largest absolute Gasteiger partial charge is 0.343 e. The molecule has 11 heavy (non-hydrogen) atoms. The number of hydrogen-bond acceptors (Lipinski definition) is 4. The molecule has 0 aliphatic carbocycles. The molecule has 0 saturated carbocycles. The fraction of sp³-hybridized carbons (Fsp3) is 0.714. The van der Waals surface area contributed by atoms with Gasteiger partial charge in [0.1, 0.15) is 0 Å². The molecule has 0 unspecified atom stereocenters. The van der Waals surface area contributed by atoms with Crippen LogP contribution in [0.3, 0.4) is 0 Å². The van der Waals surface area contributed by atoms with Gasteiger partial charge in [0.05, 0.1) is 0 Å². The van der Waals surface area contributed by atoms with E-state index in [1.54, 1.807) is 0 Å². The smallest absolute Gasteiger partial charge is 0.213 e. The summed E-state index contributed by atoms with van der Waals surface area (Å²) in [5.41, 5.74) is 0. The Bertz CT molecular complexity index is 203. The summed E-state index contributed by atoms with van der Waals surface area (Å²) in [6, 6.07) is 0. The summed E-state index contributed by atoms with van der Waals surface area (Å²) < 4.78 is 4.68. The maximum absolute atomic E-state index is 4.68. The van der Waals surface area contributed by atoms with Crippen LogP contribution in [-0.4, -0.2) is 23.2 Å². The lowest BCUT2D eigenvalue weighted by Gasteiger charge is -2.19. The highest BCUT2D eigenvalue weighted by atomic mass is 16.5. The average molecular weight is 153 g/mol. The van der Waals surface area contributed by atoms with Gasteiger partial charge in [0, 0.05) is 12.5 Å². The van der Waals surface area contributed by atoms with Gasteiger partial charge in [-0.1, -0.05) is 5.16 Å². The average Bonchev–Trinajstić information content (AvgIpc) is 2.58. The molecule has 1 aliphatic rings. The highest BCUT2D eigenvalue weighted by molar-refractivity contribution is 4.94. The van der Waals surface area contributed by atoms with E-state index in [1.165, 1.54) is 19.2 Å². The molecule has 1 N–H and O–H groups in total. The first-order chi connectivity index (χ1) is 5.47. The Morgan fingerprint density at radius 1 is 1.64 bits per heavy atom. The van der Waals surface area contributed by atoms with Gasteiger partial charge in [0.15, 0.2) is 5.82 Å². The Labute approximate surface area is 65.0 Å². The molecule has 1 saturated heterocycles. The summed E-state index contributed by atoms with van der Waals surface area (Å²) in [4.78, 5) is 4.02. The molecular weight excluding hydrogens is 142 g/mol. The maximum atomic E-state index is 4.68. The zero-order valence-electron chi connectivity index (χ0n) is 6.29. The van der Waals surface area contributed by atoms with Crippen molar-refractivity contribution in [2.24, 2.45) is 0 Å². The second kappa shape index (κ2) is 3.00. The summed E-state index contributed by atoms with van der Waals surface area (Å²) in [6.45, 7) is 2.11. The van der Waals surface area contributed by atoms with E-state index in [9.17, 15) is 0 Å². The highest BCUT2D eigenvalue weighted by Crippen LogP contribution is 2.18. The van der Waals surface area contributed by atoms with Crippen molar-refractivity contribution in [3.63, 3.8) is 0 Å². The van der Waals surface area contributed by atoms with Gasteiger partial charge in [0.2, 0.25) is 6.39 Å². The first kappa shape index (κ1) is 6.79. The molecule has 2 rings (SSSR count). The zero-order valence-corrected chi connectivity index (χ0v) is 6.29. The van der Waals surface area contributed by atoms with Crippen LogP contribution in [0, 0.1) is 0 Å². The summed E-state index contributed by atoms with van der Waals surface area (Å²) >= 11 is 0. The van der Waals surface area contributed by atoms with E-state index in [-0.39, 0.29) is 0 Å². The van der Waals surface area contributed by atoms with Crippen LogP contribution >= 0.6 is 0 Å². The summed E-state index contributed by atoms with van der Waals surface area (Å²) in [5, 5.41) is 7.12. The third-order valence-corrected chi connectivity index (χ3v) is 2.04. The van der Waals surface area contributed by atoms with Gasteiger partial charge in [0.25, 0.3) is 0 Å². The number of rotatable bonds is 1. The standard InChI is InChI=1S/C7H11N3O/c1-2-6(4-8-3-1)7-9-5-11-10-7/h5-6,8H,1-4H2/t6-/m1/s1. The van der Waals surface area contributed by atoms with Gasteiger partial charge in [-0.3, -0.25) is 0 Å². The van der Waals surface area contributed by atoms with Gasteiger partial charge in [-0.25, -0.2) is 0 Å². The molecule has 4 nitrogen and oxygen atoms in total. The Morgan fingerprint density at radius 3 is 3.27 bits per heavy atom. The molecule has 1 atom stereocenters. The summed E-state index contributed by atoms with van der Waals surface area (Å²) in [7, 11) is 0. The van der Waals surface area contributed by atoms with Crippen molar-refractivity contribution in [2.45, 2.75) is 18.8 Å². The van der Waals surface area contributed by atoms with E-state index in [2.05, 4.69) is 20.0 Å². The van der Waals surface area contributed by atoms with Gasteiger partial charge in [-0.2, -0.15) is 4.98 Å². The van der Waals surface area contributed by atoms with Crippen LogP contribution in [0.25, 0.3) is 0 Å². The third-order valence-electron chi connectivity index (χ3n) is 2.04. The maximum Gasteiger partial charge on any atom is 0.213 e. The predicted octanol–water partition coefficient (Wildman–Crippen LogP) is 0.537. The molecule has 1 aliphatic heterocycles. The molecule has 2 heterocycles. The second-order valence-corrected chi connectivity index (χ2v) is 2.83. The SMILES string of the molecule is c1nc([C@@H]2CCCNC2)no1. The van der Waals surface area contributed by atoms with Gasteiger partial charge < -0.3 is 9.84 Å². The zero-order chi connectivity index (χ0) is 7.52. The second-order valence-electron chi connectivity index (χ2n) is 2.83. The van der Waals surface area contributed by atoms with Crippen molar-refractivity contribution in [1.29, 1.82) is 0 Å². The van der Waals surface area contributed by atoms with Crippen LogP contribution in [-0.2, 0) is 0 Å². The van der Waals surface area contributed by atoms with E-state index < -0.39 is 0 Å². The Balaban J connectivity index is 2.04. The normalized spacial score (nSPS) is 25.3. The minimum atomic E-state index is 0.461. The first-order valence-corrected chi connectivity index (χ1v) is 3.94. The van der Waals surface area contributed by atoms with E-state index >= 15 is 0 Å². The number of piperidine rings is 1. The molecule has 1 fully saturated rings. The van der Waals surface area contributed by atoms with Crippen molar-refractivity contribution in [1.82, 2.24) is 15.5 Å². The number of hydrogen-bond donors (Lipinski definition) is 1. The van der Waals surface area contributed by atoms with Crippen LogP contribution < -0.4 is 5.32 Å². The van der Waals surface area contributed by atoms with E-state index in [4.69, 9.17) is 0 Å². The molecule has 0 spiro atoms. The lowest BCUT2D eigenvalue weighted by molar-refractivity contribution is 0.386. The molecule has 0 bridgehead atoms. The molecule has 1 aromatic rings. The van der Waals surface area contributed by atoms with Crippen LogP contribution in [0.15, 0.2) is 10.9 Å². The molecule has 0 amide bonds. The van der Waals surface area contributed by atoms with Crippen LogP contribution in [0.5, 0.6) is 0 Å². The van der Waals surface area contributed by atoms with Crippen LogP contribution in [0.1, 0.15) is 24.6 Å². The molecule has 4 heteroatoms. The van der Waals surface area contributed by atoms with Crippen molar-refractivity contribution < 1.29 is 4.52 Å².